The lowest BCUT2D eigenvalue weighted by molar-refractivity contribution is 0.379. The number of halogens is 1. The van der Waals surface area contributed by atoms with Crippen molar-refractivity contribution in [2.24, 2.45) is 5.73 Å². The van der Waals surface area contributed by atoms with Crippen molar-refractivity contribution in [3.05, 3.63) is 53.1 Å². The Labute approximate surface area is 116 Å². The molecule has 5 heteroatoms. The molecule has 0 unspecified atom stereocenters. The standard InChI is InChI=1S/C14H13ClN2O2/c1-18-12-4-2-3-5-13(12)19-9-6-7-10(14(16)17)11(15)8-9/h2-8H,1H3,(H3,16,17). The van der Waals surface area contributed by atoms with Gasteiger partial charge in [0, 0.05) is 11.6 Å². The first-order valence-corrected chi connectivity index (χ1v) is 5.94. The normalized spacial score (nSPS) is 10.0. The number of nitrogen functional groups attached to an aromatic ring is 1. The second-order valence-electron chi connectivity index (χ2n) is 3.81. The van der Waals surface area contributed by atoms with E-state index in [1.165, 1.54) is 0 Å². The fraction of sp³-hybridized carbons (Fsp3) is 0.0714. The smallest absolute Gasteiger partial charge is 0.169 e. The predicted molar refractivity (Wildman–Crippen MR) is 75.5 cm³/mol. The molecule has 3 N–H and O–H groups in total. The Morgan fingerprint density at radius 2 is 1.84 bits per heavy atom. The van der Waals surface area contributed by atoms with Gasteiger partial charge in [0.25, 0.3) is 0 Å². The average Bonchev–Trinajstić information content (AvgIpc) is 2.39. The number of para-hydroxylation sites is 2. The van der Waals surface area contributed by atoms with Crippen LogP contribution in [0.2, 0.25) is 5.02 Å². The molecule has 0 heterocycles. The number of nitrogens with two attached hydrogens (primary N) is 1. The maximum Gasteiger partial charge on any atom is 0.169 e. The molecule has 0 bridgehead atoms. The van der Waals surface area contributed by atoms with Crippen molar-refractivity contribution in [3.63, 3.8) is 0 Å². The average molecular weight is 277 g/mol. The number of ether oxygens (including phenoxy) is 2. The molecule has 2 rings (SSSR count). The third-order valence-corrected chi connectivity index (χ3v) is 2.84. The highest BCUT2D eigenvalue weighted by molar-refractivity contribution is 6.34. The summed E-state index contributed by atoms with van der Waals surface area (Å²) in [6, 6.07) is 12.3. The molecule has 0 spiro atoms. The minimum Gasteiger partial charge on any atom is -0.493 e. The van der Waals surface area contributed by atoms with Crippen LogP contribution >= 0.6 is 11.6 Å². The monoisotopic (exact) mass is 276 g/mol. The molecule has 0 fully saturated rings. The van der Waals surface area contributed by atoms with E-state index in [0.29, 0.717) is 27.8 Å². The lowest BCUT2D eigenvalue weighted by Gasteiger charge is -2.11. The van der Waals surface area contributed by atoms with Gasteiger partial charge in [0.15, 0.2) is 11.5 Å². The molecule has 0 aliphatic rings. The van der Waals surface area contributed by atoms with Crippen LogP contribution in [0.1, 0.15) is 5.56 Å². The quantitative estimate of drug-likeness (QED) is 0.664. The number of benzene rings is 2. The Hall–Kier alpha value is -2.20. The first-order chi connectivity index (χ1) is 9.11. The van der Waals surface area contributed by atoms with E-state index in [-0.39, 0.29) is 5.84 Å². The van der Waals surface area contributed by atoms with Gasteiger partial charge in [0.1, 0.15) is 11.6 Å². The molecule has 0 atom stereocenters. The first kappa shape index (κ1) is 13.2. The van der Waals surface area contributed by atoms with E-state index in [1.54, 1.807) is 37.4 Å². The van der Waals surface area contributed by atoms with Gasteiger partial charge in [-0.2, -0.15) is 0 Å². The topological polar surface area (TPSA) is 68.3 Å². The third kappa shape index (κ3) is 2.98. The largest absolute Gasteiger partial charge is 0.493 e. The molecule has 2 aromatic rings. The van der Waals surface area contributed by atoms with Crippen LogP contribution in [0.15, 0.2) is 42.5 Å². The fourth-order valence-corrected chi connectivity index (χ4v) is 1.88. The van der Waals surface area contributed by atoms with Crippen LogP contribution in [0.25, 0.3) is 0 Å². The first-order valence-electron chi connectivity index (χ1n) is 5.56. The highest BCUT2D eigenvalue weighted by Crippen LogP contribution is 2.32. The Morgan fingerprint density at radius 3 is 2.42 bits per heavy atom. The number of hydrogen-bond acceptors (Lipinski definition) is 3. The second kappa shape index (κ2) is 5.63. The second-order valence-corrected chi connectivity index (χ2v) is 4.22. The van der Waals surface area contributed by atoms with E-state index < -0.39 is 0 Å². The fourth-order valence-electron chi connectivity index (χ4n) is 1.61. The lowest BCUT2D eigenvalue weighted by Crippen LogP contribution is -2.11. The van der Waals surface area contributed by atoms with Crippen LogP contribution in [0.4, 0.5) is 0 Å². The lowest BCUT2D eigenvalue weighted by atomic mass is 10.2. The number of nitrogens with one attached hydrogen (secondary N) is 1. The SMILES string of the molecule is COc1ccccc1Oc1ccc(C(=N)N)c(Cl)c1. The van der Waals surface area contributed by atoms with Gasteiger partial charge in [-0.3, -0.25) is 5.41 Å². The molecule has 4 nitrogen and oxygen atoms in total. The third-order valence-electron chi connectivity index (χ3n) is 2.53. The molecule has 0 aliphatic heterocycles. The van der Waals surface area contributed by atoms with E-state index in [4.69, 9.17) is 32.2 Å². The van der Waals surface area contributed by atoms with Crippen molar-refractivity contribution in [2.45, 2.75) is 0 Å². The maximum absolute atomic E-state index is 7.36. The summed E-state index contributed by atoms with van der Waals surface area (Å²) in [4.78, 5) is 0. The summed E-state index contributed by atoms with van der Waals surface area (Å²) in [5.74, 6) is 1.71. The summed E-state index contributed by atoms with van der Waals surface area (Å²) >= 11 is 6.03. The van der Waals surface area contributed by atoms with Gasteiger partial charge in [-0.25, -0.2) is 0 Å². The zero-order chi connectivity index (χ0) is 13.8. The molecule has 19 heavy (non-hydrogen) atoms. The minimum absolute atomic E-state index is 0.0751. The molecular formula is C14H13ClN2O2. The van der Waals surface area contributed by atoms with Crippen molar-refractivity contribution >= 4 is 17.4 Å². The van der Waals surface area contributed by atoms with Gasteiger partial charge < -0.3 is 15.2 Å². The highest BCUT2D eigenvalue weighted by atomic mass is 35.5. The Bertz CT molecular complexity index is 614. The van der Waals surface area contributed by atoms with Crippen LogP contribution in [0.5, 0.6) is 17.2 Å². The van der Waals surface area contributed by atoms with Crippen LogP contribution in [-0.4, -0.2) is 12.9 Å². The Morgan fingerprint density at radius 1 is 1.16 bits per heavy atom. The van der Waals surface area contributed by atoms with Crippen LogP contribution < -0.4 is 15.2 Å². The summed E-state index contributed by atoms with van der Waals surface area (Å²) in [5.41, 5.74) is 5.88. The molecule has 0 saturated heterocycles. The van der Waals surface area contributed by atoms with E-state index in [1.807, 2.05) is 12.1 Å². The minimum atomic E-state index is -0.0751. The van der Waals surface area contributed by atoms with Crippen molar-refractivity contribution < 1.29 is 9.47 Å². The molecule has 0 amide bonds. The summed E-state index contributed by atoms with van der Waals surface area (Å²) < 4.78 is 10.9. The Balaban J connectivity index is 2.29. The number of amidine groups is 1. The molecule has 2 aromatic carbocycles. The van der Waals surface area contributed by atoms with E-state index in [9.17, 15) is 0 Å². The van der Waals surface area contributed by atoms with Gasteiger partial charge in [-0.15, -0.1) is 0 Å². The van der Waals surface area contributed by atoms with Crippen molar-refractivity contribution in [1.82, 2.24) is 0 Å². The molecular weight excluding hydrogens is 264 g/mol. The molecule has 0 aromatic heterocycles. The summed E-state index contributed by atoms with van der Waals surface area (Å²) in [7, 11) is 1.58. The van der Waals surface area contributed by atoms with E-state index in [0.717, 1.165) is 0 Å². The summed E-state index contributed by atoms with van der Waals surface area (Å²) in [6.45, 7) is 0. The van der Waals surface area contributed by atoms with Crippen molar-refractivity contribution in [3.8, 4) is 17.2 Å². The number of methoxy groups -OCH3 is 1. The van der Waals surface area contributed by atoms with Gasteiger partial charge in [0.05, 0.1) is 12.1 Å². The summed E-state index contributed by atoms with van der Waals surface area (Å²) in [6.07, 6.45) is 0. The van der Waals surface area contributed by atoms with Crippen molar-refractivity contribution in [2.75, 3.05) is 7.11 Å². The zero-order valence-corrected chi connectivity index (χ0v) is 11.1. The van der Waals surface area contributed by atoms with Crippen LogP contribution in [0.3, 0.4) is 0 Å². The van der Waals surface area contributed by atoms with E-state index in [2.05, 4.69) is 0 Å². The van der Waals surface area contributed by atoms with Gasteiger partial charge in [-0.05, 0) is 24.3 Å². The molecule has 0 saturated carbocycles. The van der Waals surface area contributed by atoms with Gasteiger partial charge in [0.2, 0.25) is 0 Å². The van der Waals surface area contributed by atoms with E-state index >= 15 is 0 Å². The highest BCUT2D eigenvalue weighted by Gasteiger charge is 2.08. The number of hydrogen-bond donors (Lipinski definition) is 2. The van der Waals surface area contributed by atoms with Crippen LogP contribution in [-0.2, 0) is 0 Å². The van der Waals surface area contributed by atoms with Gasteiger partial charge in [-0.1, -0.05) is 23.7 Å². The maximum atomic E-state index is 7.36. The summed E-state index contributed by atoms with van der Waals surface area (Å²) in [5, 5.41) is 7.74. The number of rotatable bonds is 4. The molecule has 0 radical (unpaired) electrons. The van der Waals surface area contributed by atoms with Crippen molar-refractivity contribution in [1.29, 1.82) is 5.41 Å². The molecule has 0 aliphatic carbocycles. The zero-order valence-electron chi connectivity index (χ0n) is 10.3. The Kier molecular flexibility index (Phi) is 3.92. The molecule has 98 valence electrons. The van der Waals surface area contributed by atoms with Crippen LogP contribution in [0, 0.1) is 5.41 Å². The van der Waals surface area contributed by atoms with Gasteiger partial charge >= 0.3 is 0 Å². The predicted octanol–water partition coefficient (Wildman–Crippen LogP) is 3.42.